The monoisotopic (exact) mass is 219 g/mol. The van der Waals surface area contributed by atoms with Crippen LogP contribution in [0.15, 0.2) is 23.2 Å². The predicted octanol–water partition coefficient (Wildman–Crippen LogP) is 3.92. The van der Waals surface area contributed by atoms with Gasteiger partial charge in [-0.25, -0.2) is 4.39 Å². The molecule has 1 saturated carbocycles. The molecule has 1 nitrogen and oxygen atoms in total. The van der Waals surface area contributed by atoms with Gasteiger partial charge in [0.05, 0.1) is 0 Å². The number of unbranched alkanes of at least 4 members (excludes halogenated alkanes) is 1. The molecule has 0 bridgehead atoms. The molecule has 0 amide bonds. The van der Waals surface area contributed by atoms with Crippen molar-refractivity contribution in [2.75, 3.05) is 6.54 Å². The summed E-state index contributed by atoms with van der Waals surface area (Å²) in [7, 11) is 0. The number of hydrogen-bond donors (Lipinski definition) is 0. The van der Waals surface area contributed by atoms with Gasteiger partial charge in [0.1, 0.15) is 5.82 Å². The molecule has 1 aliphatic rings. The van der Waals surface area contributed by atoms with E-state index in [2.05, 4.69) is 11.9 Å². The van der Waals surface area contributed by atoms with Crippen LogP contribution in [0.4, 0.5) is 4.39 Å². The minimum absolute atomic E-state index is 0.135. The number of rotatable bonds is 5. The third kappa shape index (κ3) is 2.69. The van der Waals surface area contributed by atoms with Gasteiger partial charge in [-0.15, -0.1) is 0 Å². The van der Waals surface area contributed by atoms with Crippen molar-refractivity contribution in [1.29, 1.82) is 0 Å². The Kier molecular flexibility index (Phi) is 3.70. The summed E-state index contributed by atoms with van der Waals surface area (Å²) in [5, 5.41) is 0. The second-order valence-corrected chi connectivity index (χ2v) is 4.41. The van der Waals surface area contributed by atoms with Gasteiger partial charge in [-0.05, 0) is 36.8 Å². The molecule has 0 unspecified atom stereocenters. The zero-order chi connectivity index (χ0) is 11.4. The summed E-state index contributed by atoms with van der Waals surface area (Å²) in [5.41, 5.74) is 1.85. The van der Waals surface area contributed by atoms with Crippen LogP contribution in [0.1, 0.15) is 49.7 Å². The topological polar surface area (TPSA) is 12.4 Å². The van der Waals surface area contributed by atoms with Gasteiger partial charge in [-0.3, -0.25) is 4.99 Å². The summed E-state index contributed by atoms with van der Waals surface area (Å²) in [5.74, 6) is 0.438. The summed E-state index contributed by atoms with van der Waals surface area (Å²) in [6, 6.07) is 5.35. The van der Waals surface area contributed by atoms with Crippen LogP contribution < -0.4 is 0 Å². The van der Waals surface area contributed by atoms with Gasteiger partial charge in [-0.2, -0.15) is 0 Å². The molecule has 0 aliphatic heterocycles. The van der Waals surface area contributed by atoms with Crippen LogP contribution >= 0.6 is 0 Å². The van der Waals surface area contributed by atoms with E-state index >= 15 is 0 Å². The summed E-state index contributed by atoms with van der Waals surface area (Å²) in [6.45, 7) is 2.93. The highest BCUT2D eigenvalue weighted by Gasteiger charge is 2.26. The smallest absolute Gasteiger partial charge is 0.132 e. The lowest BCUT2D eigenvalue weighted by atomic mass is 10.0. The van der Waals surface area contributed by atoms with E-state index in [9.17, 15) is 4.39 Å². The fourth-order valence-electron chi connectivity index (χ4n) is 1.85. The second kappa shape index (κ2) is 5.24. The first-order valence-corrected chi connectivity index (χ1v) is 6.11. The van der Waals surface area contributed by atoms with Gasteiger partial charge >= 0.3 is 0 Å². The van der Waals surface area contributed by atoms with E-state index in [1.165, 1.54) is 18.9 Å². The molecule has 0 spiro atoms. The molecule has 1 aliphatic carbocycles. The van der Waals surface area contributed by atoms with Crippen molar-refractivity contribution in [3.8, 4) is 0 Å². The third-order valence-electron chi connectivity index (χ3n) is 2.96. The lowest BCUT2D eigenvalue weighted by molar-refractivity contribution is 0.623. The highest BCUT2D eigenvalue weighted by molar-refractivity contribution is 5.82. The van der Waals surface area contributed by atoms with E-state index in [0.717, 1.165) is 24.9 Å². The standard InChI is InChI=1S/C14H18FN/c1-2-3-9-16-10-13-12(11-7-8-11)5-4-6-14(13)15/h4-6,10-11H,2-3,7-9H2,1H3/b16-10+. The fourth-order valence-corrected chi connectivity index (χ4v) is 1.85. The Morgan fingerprint density at radius 1 is 1.44 bits per heavy atom. The normalized spacial score (nSPS) is 15.9. The molecule has 0 aromatic heterocycles. The molecule has 0 radical (unpaired) electrons. The molecule has 0 saturated heterocycles. The number of hydrogen-bond acceptors (Lipinski definition) is 1. The Morgan fingerprint density at radius 2 is 2.25 bits per heavy atom. The molecule has 2 heteroatoms. The van der Waals surface area contributed by atoms with Crippen molar-refractivity contribution < 1.29 is 4.39 Å². The number of halogens is 1. The van der Waals surface area contributed by atoms with Crippen LogP contribution in [0.3, 0.4) is 0 Å². The van der Waals surface area contributed by atoms with Crippen molar-refractivity contribution in [2.24, 2.45) is 4.99 Å². The van der Waals surface area contributed by atoms with Crippen LogP contribution in [0.25, 0.3) is 0 Å². The first-order chi connectivity index (χ1) is 7.83. The highest BCUT2D eigenvalue weighted by Crippen LogP contribution is 2.41. The SMILES string of the molecule is CCCC/N=C/c1c(F)cccc1C1CC1. The summed E-state index contributed by atoms with van der Waals surface area (Å²) in [4.78, 5) is 4.30. The van der Waals surface area contributed by atoms with E-state index < -0.39 is 0 Å². The Balaban J connectivity index is 2.14. The maximum Gasteiger partial charge on any atom is 0.132 e. The second-order valence-electron chi connectivity index (χ2n) is 4.41. The first-order valence-electron chi connectivity index (χ1n) is 6.11. The average molecular weight is 219 g/mol. The van der Waals surface area contributed by atoms with Crippen LogP contribution in [-0.2, 0) is 0 Å². The molecule has 0 heterocycles. The van der Waals surface area contributed by atoms with Crippen LogP contribution in [0, 0.1) is 5.82 Å². The molecular weight excluding hydrogens is 201 g/mol. The number of aliphatic imine (C=N–C) groups is 1. The number of nitrogens with zero attached hydrogens (tertiary/aromatic N) is 1. The Labute approximate surface area is 96.4 Å². The van der Waals surface area contributed by atoms with Gasteiger partial charge < -0.3 is 0 Å². The molecule has 0 N–H and O–H groups in total. The van der Waals surface area contributed by atoms with Crippen LogP contribution in [-0.4, -0.2) is 12.8 Å². The van der Waals surface area contributed by atoms with Crippen LogP contribution in [0.5, 0.6) is 0 Å². The van der Waals surface area contributed by atoms with E-state index in [1.54, 1.807) is 12.3 Å². The van der Waals surface area contributed by atoms with Gasteiger partial charge in [-0.1, -0.05) is 25.5 Å². The molecule has 0 atom stereocenters. The summed E-state index contributed by atoms with van der Waals surface area (Å²) in [6.07, 6.45) is 6.31. The lowest BCUT2D eigenvalue weighted by Gasteiger charge is -2.04. The minimum atomic E-state index is -0.135. The Hall–Kier alpha value is -1.18. The predicted molar refractivity (Wildman–Crippen MR) is 65.7 cm³/mol. The molecule has 1 aromatic rings. The maximum absolute atomic E-state index is 13.7. The largest absolute Gasteiger partial charge is 0.292 e. The molecule has 2 rings (SSSR count). The van der Waals surface area contributed by atoms with Crippen molar-refractivity contribution in [1.82, 2.24) is 0 Å². The van der Waals surface area contributed by atoms with E-state index in [-0.39, 0.29) is 5.82 Å². The summed E-state index contributed by atoms with van der Waals surface area (Å²) >= 11 is 0. The van der Waals surface area contributed by atoms with Gasteiger partial charge in [0.25, 0.3) is 0 Å². The Bertz CT molecular complexity index is 380. The molecular formula is C14H18FN. The quantitative estimate of drug-likeness (QED) is 0.525. The number of benzene rings is 1. The van der Waals surface area contributed by atoms with Gasteiger partial charge in [0.15, 0.2) is 0 Å². The zero-order valence-electron chi connectivity index (χ0n) is 9.75. The van der Waals surface area contributed by atoms with Crippen molar-refractivity contribution in [2.45, 2.75) is 38.5 Å². The third-order valence-corrected chi connectivity index (χ3v) is 2.96. The molecule has 86 valence electrons. The van der Waals surface area contributed by atoms with Gasteiger partial charge in [0, 0.05) is 18.3 Å². The van der Waals surface area contributed by atoms with Crippen molar-refractivity contribution in [3.63, 3.8) is 0 Å². The average Bonchev–Trinajstić information content (AvgIpc) is 3.10. The molecule has 16 heavy (non-hydrogen) atoms. The van der Waals surface area contributed by atoms with E-state index in [0.29, 0.717) is 11.5 Å². The van der Waals surface area contributed by atoms with E-state index in [1.807, 2.05) is 6.07 Å². The van der Waals surface area contributed by atoms with E-state index in [4.69, 9.17) is 0 Å². The van der Waals surface area contributed by atoms with Crippen molar-refractivity contribution >= 4 is 6.21 Å². The summed E-state index contributed by atoms with van der Waals surface area (Å²) < 4.78 is 13.7. The highest BCUT2D eigenvalue weighted by atomic mass is 19.1. The first kappa shape index (κ1) is 11.3. The lowest BCUT2D eigenvalue weighted by Crippen LogP contribution is -1.96. The molecule has 1 aromatic carbocycles. The van der Waals surface area contributed by atoms with Crippen LogP contribution in [0.2, 0.25) is 0 Å². The zero-order valence-corrected chi connectivity index (χ0v) is 9.75. The Morgan fingerprint density at radius 3 is 2.94 bits per heavy atom. The minimum Gasteiger partial charge on any atom is -0.292 e. The maximum atomic E-state index is 13.7. The van der Waals surface area contributed by atoms with Crippen molar-refractivity contribution in [3.05, 3.63) is 35.1 Å². The fraction of sp³-hybridized carbons (Fsp3) is 0.500. The van der Waals surface area contributed by atoms with Gasteiger partial charge in [0.2, 0.25) is 0 Å². The molecule has 1 fully saturated rings.